The highest BCUT2D eigenvalue weighted by molar-refractivity contribution is 7.15. The Hall–Kier alpha value is -1.46. The predicted molar refractivity (Wildman–Crippen MR) is 84.8 cm³/mol. The summed E-state index contributed by atoms with van der Waals surface area (Å²) in [5, 5.41) is 0.864. The second-order valence-corrected chi connectivity index (χ2v) is 6.61. The minimum absolute atomic E-state index is 0.250. The van der Waals surface area contributed by atoms with Gasteiger partial charge in [0.1, 0.15) is 16.7 Å². The molecule has 0 aliphatic heterocycles. The number of rotatable bonds is 3. The van der Waals surface area contributed by atoms with Crippen molar-refractivity contribution in [1.29, 1.82) is 0 Å². The van der Waals surface area contributed by atoms with Crippen LogP contribution < -0.4 is 0 Å². The number of halogens is 2. The second kappa shape index (κ2) is 6.34. The van der Waals surface area contributed by atoms with E-state index in [4.69, 9.17) is 16.3 Å². The molecule has 0 radical (unpaired) electrons. The molecular weight excluding hydrogens is 325 g/mol. The van der Waals surface area contributed by atoms with E-state index in [1.165, 1.54) is 17.4 Å². The summed E-state index contributed by atoms with van der Waals surface area (Å²) in [5.74, 6) is -0.995. The SMILES string of the molecule is CCOC(=O)[C@@H]1CCCc2sc(-c3c(F)cccc3Cl)nc21. The van der Waals surface area contributed by atoms with Crippen LogP contribution in [0.3, 0.4) is 0 Å². The molecule has 1 aliphatic rings. The number of carbonyl (C=O) groups is 1. The van der Waals surface area contributed by atoms with E-state index in [1.54, 1.807) is 19.1 Å². The Morgan fingerprint density at radius 1 is 1.55 bits per heavy atom. The first kappa shape index (κ1) is 15.4. The highest BCUT2D eigenvalue weighted by Crippen LogP contribution is 2.41. The average Bonchev–Trinajstić information content (AvgIpc) is 2.90. The normalized spacial score (nSPS) is 17.1. The minimum Gasteiger partial charge on any atom is -0.465 e. The second-order valence-electron chi connectivity index (χ2n) is 5.12. The van der Waals surface area contributed by atoms with Gasteiger partial charge in [-0.2, -0.15) is 0 Å². The van der Waals surface area contributed by atoms with Crippen LogP contribution in [-0.4, -0.2) is 17.6 Å². The Kier molecular flexibility index (Phi) is 4.45. The van der Waals surface area contributed by atoms with Crippen molar-refractivity contribution >= 4 is 28.9 Å². The van der Waals surface area contributed by atoms with E-state index < -0.39 is 5.82 Å². The fourth-order valence-electron chi connectivity index (χ4n) is 2.70. The summed E-state index contributed by atoms with van der Waals surface area (Å²) in [6.07, 6.45) is 2.48. The number of thiazole rings is 1. The van der Waals surface area contributed by atoms with E-state index in [1.807, 2.05) is 0 Å². The Morgan fingerprint density at radius 3 is 3.09 bits per heavy atom. The smallest absolute Gasteiger partial charge is 0.315 e. The standard InChI is InChI=1S/C16H15ClFNO2S/c1-2-21-16(20)9-5-3-8-12-14(9)19-15(22-12)13-10(17)6-4-7-11(13)18/h4,6-7,9H,2-3,5,8H2,1H3/t9-/m1/s1. The summed E-state index contributed by atoms with van der Waals surface area (Å²) in [6, 6.07) is 4.57. The van der Waals surface area contributed by atoms with Crippen molar-refractivity contribution in [1.82, 2.24) is 4.98 Å². The zero-order valence-electron chi connectivity index (χ0n) is 12.1. The molecule has 0 bridgehead atoms. The maximum absolute atomic E-state index is 14.1. The highest BCUT2D eigenvalue weighted by Gasteiger charge is 2.32. The fraction of sp³-hybridized carbons (Fsp3) is 0.375. The molecule has 1 heterocycles. The van der Waals surface area contributed by atoms with Gasteiger partial charge in [0, 0.05) is 4.88 Å². The van der Waals surface area contributed by atoms with Gasteiger partial charge in [-0.15, -0.1) is 11.3 Å². The van der Waals surface area contributed by atoms with Crippen molar-refractivity contribution in [3.63, 3.8) is 0 Å². The average molecular weight is 340 g/mol. The van der Waals surface area contributed by atoms with Gasteiger partial charge in [0.15, 0.2) is 0 Å². The quantitative estimate of drug-likeness (QED) is 0.768. The summed E-state index contributed by atoms with van der Waals surface area (Å²) >= 11 is 7.52. The first-order valence-electron chi connectivity index (χ1n) is 7.22. The van der Waals surface area contributed by atoms with Gasteiger partial charge in [-0.05, 0) is 38.3 Å². The number of hydrogen-bond acceptors (Lipinski definition) is 4. The van der Waals surface area contributed by atoms with Crippen molar-refractivity contribution in [3.8, 4) is 10.6 Å². The Labute approximate surface area is 137 Å². The third-order valence-corrected chi connectivity index (χ3v) is 5.17. The molecule has 3 rings (SSSR count). The van der Waals surface area contributed by atoms with E-state index >= 15 is 0 Å². The molecule has 1 aliphatic carbocycles. The number of carbonyl (C=O) groups excluding carboxylic acids is 1. The molecule has 1 atom stereocenters. The molecule has 0 amide bonds. The van der Waals surface area contributed by atoms with E-state index in [2.05, 4.69) is 4.98 Å². The summed E-state index contributed by atoms with van der Waals surface area (Å²) in [4.78, 5) is 17.6. The molecule has 116 valence electrons. The molecule has 22 heavy (non-hydrogen) atoms. The summed E-state index contributed by atoms with van der Waals surface area (Å²) < 4.78 is 19.2. The molecule has 0 fully saturated rings. The minimum atomic E-state index is -0.397. The topological polar surface area (TPSA) is 39.2 Å². The van der Waals surface area contributed by atoms with Gasteiger partial charge in [0.25, 0.3) is 0 Å². The lowest BCUT2D eigenvalue weighted by molar-refractivity contribution is -0.145. The van der Waals surface area contributed by atoms with Gasteiger partial charge in [-0.25, -0.2) is 9.37 Å². The molecule has 6 heteroatoms. The number of ether oxygens (including phenoxy) is 1. The third kappa shape index (κ3) is 2.75. The Balaban J connectivity index is 2.03. The fourth-order valence-corrected chi connectivity index (χ4v) is 4.23. The summed E-state index contributed by atoms with van der Waals surface area (Å²) in [5.41, 5.74) is 1.04. The van der Waals surface area contributed by atoms with E-state index in [0.29, 0.717) is 22.2 Å². The first-order valence-corrected chi connectivity index (χ1v) is 8.42. The molecule has 1 aromatic heterocycles. The number of hydrogen-bond donors (Lipinski definition) is 0. The van der Waals surface area contributed by atoms with Crippen molar-refractivity contribution < 1.29 is 13.9 Å². The van der Waals surface area contributed by atoms with E-state index in [0.717, 1.165) is 29.8 Å². The van der Waals surface area contributed by atoms with Gasteiger partial charge in [0.2, 0.25) is 0 Å². The van der Waals surface area contributed by atoms with Crippen LogP contribution in [0.25, 0.3) is 10.6 Å². The zero-order chi connectivity index (χ0) is 15.7. The van der Waals surface area contributed by atoms with E-state index in [-0.39, 0.29) is 11.9 Å². The van der Waals surface area contributed by atoms with Crippen LogP contribution in [-0.2, 0) is 16.0 Å². The molecule has 1 aromatic carbocycles. The maximum atomic E-state index is 14.1. The van der Waals surface area contributed by atoms with Crippen LogP contribution in [0, 0.1) is 5.82 Å². The molecule has 3 nitrogen and oxygen atoms in total. The van der Waals surface area contributed by atoms with Crippen molar-refractivity contribution in [3.05, 3.63) is 39.6 Å². The lowest BCUT2D eigenvalue weighted by Crippen LogP contribution is -2.20. The van der Waals surface area contributed by atoms with Crippen LogP contribution in [0.2, 0.25) is 5.02 Å². The van der Waals surface area contributed by atoms with Gasteiger partial charge in [-0.1, -0.05) is 17.7 Å². The Morgan fingerprint density at radius 2 is 2.36 bits per heavy atom. The van der Waals surface area contributed by atoms with Gasteiger partial charge < -0.3 is 4.74 Å². The molecule has 0 saturated carbocycles. The largest absolute Gasteiger partial charge is 0.465 e. The lowest BCUT2D eigenvalue weighted by Gasteiger charge is -2.19. The lowest BCUT2D eigenvalue weighted by atomic mass is 9.91. The van der Waals surface area contributed by atoms with Crippen LogP contribution in [0.4, 0.5) is 4.39 Å². The van der Waals surface area contributed by atoms with Crippen molar-refractivity contribution in [2.45, 2.75) is 32.1 Å². The molecule has 0 N–H and O–H groups in total. The van der Waals surface area contributed by atoms with Crippen LogP contribution in [0.1, 0.15) is 36.3 Å². The number of nitrogens with zero attached hydrogens (tertiary/aromatic N) is 1. The monoisotopic (exact) mass is 339 g/mol. The third-order valence-electron chi connectivity index (χ3n) is 3.70. The molecule has 0 unspecified atom stereocenters. The van der Waals surface area contributed by atoms with Crippen LogP contribution >= 0.6 is 22.9 Å². The van der Waals surface area contributed by atoms with Gasteiger partial charge in [0.05, 0.1) is 22.9 Å². The highest BCUT2D eigenvalue weighted by atomic mass is 35.5. The zero-order valence-corrected chi connectivity index (χ0v) is 13.6. The number of aryl methyl sites for hydroxylation is 1. The number of fused-ring (bicyclic) bond motifs is 1. The number of esters is 1. The van der Waals surface area contributed by atoms with Crippen LogP contribution in [0.5, 0.6) is 0 Å². The van der Waals surface area contributed by atoms with Crippen molar-refractivity contribution in [2.24, 2.45) is 0 Å². The van der Waals surface area contributed by atoms with Crippen LogP contribution in [0.15, 0.2) is 18.2 Å². The number of benzene rings is 1. The molecule has 0 spiro atoms. The van der Waals surface area contributed by atoms with Gasteiger partial charge >= 0.3 is 5.97 Å². The van der Waals surface area contributed by atoms with Gasteiger partial charge in [-0.3, -0.25) is 4.79 Å². The molecule has 2 aromatic rings. The predicted octanol–water partition coefficient (Wildman–Crippen LogP) is 4.59. The summed E-state index contributed by atoms with van der Waals surface area (Å²) in [6.45, 7) is 2.13. The Bertz CT molecular complexity index is 696. The first-order chi connectivity index (χ1) is 10.6. The maximum Gasteiger partial charge on any atom is 0.315 e. The van der Waals surface area contributed by atoms with E-state index in [9.17, 15) is 9.18 Å². The number of aromatic nitrogens is 1. The molecule has 0 saturated heterocycles. The molecular formula is C16H15ClFNO2S. The van der Waals surface area contributed by atoms with Crippen molar-refractivity contribution in [2.75, 3.05) is 6.61 Å². The summed E-state index contributed by atoms with van der Waals surface area (Å²) in [7, 11) is 0.